The molecule has 0 aliphatic heterocycles. The summed E-state index contributed by atoms with van der Waals surface area (Å²) in [7, 11) is 0. The van der Waals surface area contributed by atoms with Gasteiger partial charge in [-0.25, -0.2) is 0 Å². The van der Waals surface area contributed by atoms with E-state index in [1.54, 1.807) is 0 Å². The third-order valence-electron chi connectivity index (χ3n) is 2.76. The van der Waals surface area contributed by atoms with Crippen LogP contribution in [0, 0.1) is 0 Å². The van der Waals surface area contributed by atoms with Crippen molar-refractivity contribution in [1.82, 2.24) is 5.32 Å². The summed E-state index contributed by atoms with van der Waals surface area (Å²) in [5, 5.41) is 6.07. The molecule has 4 N–H and O–H groups in total. The Morgan fingerprint density at radius 3 is 2.74 bits per heavy atom. The van der Waals surface area contributed by atoms with Gasteiger partial charge < -0.3 is 16.4 Å². The molecular weight excluding hydrogens is 242 g/mol. The molecule has 0 saturated carbocycles. The van der Waals surface area contributed by atoms with Crippen LogP contribution in [0.2, 0.25) is 0 Å². The third-order valence-corrected chi connectivity index (χ3v) is 2.76. The lowest BCUT2D eigenvalue weighted by molar-refractivity contribution is -0.118. The Hall–Kier alpha value is -1.88. The molecule has 1 rings (SSSR count). The van der Waals surface area contributed by atoms with Crippen molar-refractivity contribution in [3.63, 3.8) is 0 Å². The summed E-state index contributed by atoms with van der Waals surface area (Å²) < 4.78 is 0. The largest absolute Gasteiger partial charge is 0.370 e. The fraction of sp³-hybridized carbons (Fsp3) is 0.429. The van der Waals surface area contributed by atoms with Crippen molar-refractivity contribution in [2.24, 2.45) is 5.73 Å². The molecule has 0 aliphatic carbocycles. The number of hydrogen-bond acceptors (Lipinski definition) is 3. The lowest BCUT2D eigenvalue weighted by Crippen LogP contribution is -2.21. The van der Waals surface area contributed by atoms with E-state index in [0.717, 1.165) is 24.2 Å². The predicted octanol–water partition coefficient (Wildman–Crippen LogP) is 1.56. The van der Waals surface area contributed by atoms with Gasteiger partial charge in [-0.15, -0.1) is 0 Å². The van der Waals surface area contributed by atoms with Crippen molar-refractivity contribution in [3.8, 4) is 0 Å². The van der Waals surface area contributed by atoms with Gasteiger partial charge in [-0.3, -0.25) is 9.59 Å². The van der Waals surface area contributed by atoms with E-state index in [1.165, 1.54) is 6.92 Å². The summed E-state index contributed by atoms with van der Waals surface area (Å²) in [5.74, 6) is -0.360. The van der Waals surface area contributed by atoms with Crippen LogP contribution in [0.3, 0.4) is 0 Å². The van der Waals surface area contributed by atoms with Crippen molar-refractivity contribution in [1.29, 1.82) is 0 Å². The van der Waals surface area contributed by atoms with E-state index in [2.05, 4.69) is 10.6 Å². The highest BCUT2D eigenvalue weighted by molar-refractivity contribution is 5.88. The zero-order valence-corrected chi connectivity index (χ0v) is 11.4. The number of carbonyl (C=O) groups excluding carboxylic acids is 2. The molecule has 1 aromatic rings. The highest BCUT2D eigenvalue weighted by Gasteiger charge is 2.06. The minimum atomic E-state index is -0.276. The number of amides is 2. The molecule has 0 saturated heterocycles. The van der Waals surface area contributed by atoms with E-state index in [0.29, 0.717) is 6.42 Å². The van der Waals surface area contributed by atoms with Crippen LogP contribution < -0.4 is 16.4 Å². The molecular formula is C14H21N3O2. The van der Waals surface area contributed by atoms with Gasteiger partial charge in [0, 0.05) is 25.1 Å². The van der Waals surface area contributed by atoms with Gasteiger partial charge in [0.1, 0.15) is 0 Å². The van der Waals surface area contributed by atoms with Crippen molar-refractivity contribution in [2.75, 3.05) is 11.9 Å². The van der Waals surface area contributed by atoms with E-state index in [-0.39, 0.29) is 17.9 Å². The minimum Gasteiger partial charge on any atom is -0.370 e. The second-order valence-electron chi connectivity index (χ2n) is 4.55. The second-order valence-corrected chi connectivity index (χ2v) is 4.55. The maximum absolute atomic E-state index is 11.0. The number of nitrogens with two attached hydrogens (primary N) is 1. The molecule has 1 unspecified atom stereocenters. The standard InChI is InChI=1S/C14H21N3O2/c1-10(16-8-4-7-14(15)19)12-5-3-6-13(9-12)17-11(2)18/h3,5-6,9-10,16H,4,7-8H2,1-2H3,(H2,15,19)(H,17,18). The second kappa shape index (κ2) is 7.53. The van der Waals surface area contributed by atoms with Gasteiger partial charge in [-0.05, 0) is 37.6 Å². The number of anilines is 1. The number of benzene rings is 1. The molecule has 0 aliphatic rings. The van der Waals surface area contributed by atoms with Gasteiger partial charge in [-0.1, -0.05) is 12.1 Å². The van der Waals surface area contributed by atoms with E-state index >= 15 is 0 Å². The minimum absolute atomic E-state index is 0.0841. The van der Waals surface area contributed by atoms with Crippen LogP contribution in [0.1, 0.15) is 38.3 Å². The van der Waals surface area contributed by atoms with Gasteiger partial charge in [0.05, 0.1) is 0 Å². The van der Waals surface area contributed by atoms with Gasteiger partial charge in [-0.2, -0.15) is 0 Å². The van der Waals surface area contributed by atoms with Crippen LogP contribution in [-0.2, 0) is 9.59 Å². The first-order valence-corrected chi connectivity index (χ1v) is 6.38. The summed E-state index contributed by atoms with van der Waals surface area (Å²) in [6, 6.07) is 7.85. The van der Waals surface area contributed by atoms with Crippen LogP contribution in [0.5, 0.6) is 0 Å². The van der Waals surface area contributed by atoms with Crippen molar-refractivity contribution >= 4 is 17.5 Å². The van der Waals surface area contributed by atoms with E-state index in [1.807, 2.05) is 31.2 Å². The Kier molecular flexibility index (Phi) is 6.02. The first-order valence-electron chi connectivity index (χ1n) is 6.38. The van der Waals surface area contributed by atoms with Gasteiger partial charge in [0.15, 0.2) is 0 Å². The molecule has 5 heteroatoms. The summed E-state index contributed by atoms with van der Waals surface area (Å²) in [4.78, 5) is 21.6. The zero-order valence-electron chi connectivity index (χ0n) is 11.4. The van der Waals surface area contributed by atoms with Gasteiger partial charge >= 0.3 is 0 Å². The summed E-state index contributed by atoms with van der Waals surface area (Å²) in [6.45, 7) is 4.25. The van der Waals surface area contributed by atoms with Crippen LogP contribution in [0.4, 0.5) is 5.69 Å². The Balaban J connectivity index is 2.49. The average molecular weight is 263 g/mol. The highest BCUT2D eigenvalue weighted by Crippen LogP contribution is 2.17. The Labute approximate surface area is 113 Å². The topological polar surface area (TPSA) is 84.2 Å². The SMILES string of the molecule is CC(=O)Nc1cccc(C(C)NCCCC(N)=O)c1. The summed E-state index contributed by atoms with van der Waals surface area (Å²) in [6.07, 6.45) is 1.12. The lowest BCUT2D eigenvalue weighted by atomic mass is 10.1. The number of primary amides is 1. The number of nitrogens with one attached hydrogen (secondary N) is 2. The van der Waals surface area contributed by atoms with Crippen LogP contribution in [0.25, 0.3) is 0 Å². The number of hydrogen-bond donors (Lipinski definition) is 3. The van der Waals surface area contributed by atoms with E-state index < -0.39 is 0 Å². The van der Waals surface area contributed by atoms with Crippen LogP contribution in [0.15, 0.2) is 24.3 Å². The number of carbonyl (C=O) groups is 2. The molecule has 1 aromatic carbocycles. The molecule has 5 nitrogen and oxygen atoms in total. The van der Waals surface area contributed by atoms with Crippen LogP contribution in [-0.4, -0.2) is 18.4 Å². The average Bonchev–Trinajstić information content (AvgIpc) is 2.33. The monoisotopic (exact) mass is 263 g/mol. The molecule has 2 amide bonds. The Bertz CT molecular complexity index is 446. The molecule has 0 aromatic heterocycles. The summed E-state index contributed by atoms with van der Waals surface area (Å²) >= 11 is 0. The molecule has 0 spiro atoms. The first-order chi connectivity index (χ1) is 8.99. The van der Waals surface area contributed by atoms with Crippen molar-refractivity contribution in [3.05, 3.63) is 29.8 Å². The molecule has 19 heavy (non-hydrogen) atoms. The quantitative estimate of drug-likeness (QED) is 0.653. The predicted molar refractivity (Wildman–Crippen MR) is 75.6 cm³/mol. The lowest BCUT2D eigenvalue weighted by Gasteiger charge is -2.15. The van der Waals surface area contributed by atoms with Gasteiger partial charge in [0.2, 0.25) is 11.8 Å². The summed E-state index contributed by atoms with van der Waals surface area (Å²) in [5.41, 5.74) is 6.96. The van der Waals surface area contributed by atoms with Crippen molar-refractivity contribution < 1.29 is 9.59 Å². The fourth-order valence-corrected chi connectivity index (χ4v) is 1.79. The third kappa shape index (κ3) is 6.01. The highest BCUT2D eigenvalue weighted by atomic mass is 16.1. The molecule has 0 radical (unpaired) electrons. The Morgan fingerprint density at radius 2 is 2.11 bits per heavy atom. The maximum atomic E-state index is 11.0. The van der Waals surface area contributed by atoms with E-state index in [4.69, 9.17) is 5.73 Å². The molecule has 0 bridgehead atoms. The Morgan fingerprint density at radius 1 is 1.37 bits per heavy atom. The normalized spacial score (nSPS) is 11.9. The molecule has 0 heterocycles. The number of rotatable bonds is 7. The fourth-order valence-electron chi connectivity index (χ4n) is 1.79. The molecule has 1 atom stereocenters. The van der Waals surface area contributed by atoms with Gasteiger partial charge in [0.25, 0.3) is 0 Å². The smallest absolute Gasteiger partial charge is 0.221 e. The van der Waals surface area contributed by atoms with Crippen LogP contribution >= 0.6 is 0 Å². The van der Waals surface area contributed by atoms with E-state index in [9.17, 15) is 9.59 Å². The van der Waals surface area contributed by atoms with Crippen molar-refractivity contribution in [2.45, 2.75) is 32.7 Å². The molecule has 104 valence electrons. The first kappa shape index (κ1) is 15.2. The maximum Gasteiger partial charge on any atom is 0.221 e. The molecule has 0 fully saturated rings. The zero-order chi connectivity index (χ0) is 14.3.